The van der Waals surface area contributed by atoms with E-state index in [0.717, 1.165) is 22.3 Å². The molecule has 0 bridgehead atoms. The Labute approximate surface area is 394 Å². The van der Waals surface area contributed by atoms with Gasteiger partial charge in [-0.25, -0.2) is 8.78 Å². The fourth-order valence-electron chi connectivity index (χ4n) is 6.21. The number of hydrogen-bond acceptors (Lipinski definition) is 2. The van der Waals surface area contributed by atoms with Crippen LogP contribution in [-0.2, 0) is 0 Å². The topological polar surface area (TPSA) is 25.8 Å². The van der Waals surface area contributed by atoms with Gasteiger partial charge in [0.2, 0.25) is 0 Å². The van der Waals surface area contributed by atoms with Crippen molar-refractivity contribution >= 4 is 0 Å². The molecule has 0 aliphatic heterocycles. The highest BCUT2D eigenvalue weighted by molar-refractivity contribution is 5.30. The average Bonchev–Trinajstić information content (AvgIpc) is 3.21. The van der Waals surface area contributed by atoms with Gasteiger partial charge in [-0.2, -0.15) is 0 Å². The molecule has 2 aromatic heterocycles. The van der Waals surface area contributed by atoms with Crippen molar-refractivity contribution in [2.45, 2.75) is 213 Å². The Balaban J connectivity index is 0. The molecule has 2 heterocycles. The van der Waals surface area contributed by atoms with Crippen molar-refractivity contribution in [1.82, 2.24) is 9.97 Å². The lowest BCUT2D eigenvalue weighted by atomic mass is 9.97. The van der Waals surface area contributed by atoms with Crippen molar-refractivity contribution in [1.29, 1.82) is 0 Å². The number of benzene rings is 3. The Morgan fingerprint density at radius 1 is 0.281 bits per heavy atom. The largest absolute Gasteiger partial charge is 0.261 e. The van der Waals surface area contributed by atoms with Crippen molar-refractivity contribution in [3.05, 3.63) is 165 Å². The second-order valence-corrected chi connectivity index (χ2v) is 19.8. The second-order valence-electron chi connectivity index (χ2n) is 19.8. The van der Waals surface area contributed by atoms with Crippen LogP contribution in [0.15, 0.2) is 97.3 Å². The van der Waals surface area contributed by atoms with Gasteiger partial charge < -0.3 is 0 Å². The molecule has 0 amide bonds. The third-order valence-electron chi connectivity index (χ3n) is 11.0. The van der Waals surface area contributed by atoms with Crippen molar-refractivity contribution in [3.8, 4) is 0 Å². The Morgan fingerprint density at radius 2 is 0.516 bits per heavy atom. The van der Waals surface area contributed by atoms with E-state index in [9.17, 15) is 8.78 Å². The number of rotatable bonds is 10. The summed E-state index contributed by atoms with van der Waals surface area (Å²) in [6.07, 6.45) is 3.97. The molecule has 358 valence electrons. The molecule has 64 heavy (non-hydrogen) atoms. The fraction of sp³-hybridized carbons (Fsp3) is 0.533. The van der Waals surface area contributed by atoms with E-state index in [4.69, 9.17) is 0 Å². The average molecular weight is 881 g/mol. The van der Waals surface area contributed by atoms with Gasteiger partial charge in [0.05, 0.1) is 0 Å². The molecule has 0 fully saturated rings. The summed E-state index contributed by atoms with van der Waals surface area (Å²) in [6, 6.07) is 28.7. The normalized spacial score (nSPS) is 10.9. The number of nitrogens with zero attached hydrogens (tertiary/aromatic N) is 2. The van der Waals surface area contributed by atoms with Crippen molar-refractivity contribution in [2.75, 3.05) is 0 Å². The summed E-state index contributed by atoms with van der Waals surface area (Å²) < 4.78 is 26.9. The SMILES string of the molecule is C.C.CC(C)c1ccc(C(C)C)c(F)c1.CC(C)c1ccc(C(C)C)c(F)c1.CC(C)c1ccc(C(C)C)cc1.CC(C)c1ccc(C(C)C)nc1.CC(C)c1ccc(C(C)C)nc1. The first-order chi connectivity index (χ1) is 28.9. The van der Waals surface area contributed by atoms with E-state index in [0.29, 0.717) is 47.3 Å². The molecule has 0 atom stereocenters. The summed E-state index contributed by atoms with van der Waals surface area (Å²) in [5, 5.41) is 0. The monoisotopic (exact) mass is 881 g/mol. The summed E-state index contributed by atoms with van der Waals surface area (Å²) in [4.78, 5) is 8.80. The zero-order valence-electron chi connectivity index (χ0n) is 42.7. The Bertz CT molecular complexity index is 1670. The first-order valence-corrected chi connectivity index (χ1v) is 23.5. The maximum atomic E-state index is 13.5. The van der Waals surface area contributed by atoms with Crippen LogP contribution in [0.1, 0.15) is 268 Å². The van der Waals surface area contributed by atoms with E-state index in [1.165, 1.54) is 33.6 Å². The molecular weight excluding hydrogens is 787 g/mol. The van der Waals surface area contributed by atoms with Crippen LogP contribution in [-0.4, -0.2) is 9.97 Å². The first kappa shape index (κ1) is 61.9. The number of pyridine rings is 2. The van der Waals surface area contributed by atoms with Gasteiger partial charge in [0.25, 0.3) is 0 Å². The molecule has 2 nitrogen and oxygen atoms in total. The van der Waals surface area contributed by atoms with Crippen LogP contribution in [0.25, 0.3) is 0 Å². The van der Waals surface area contributed by atoms with Gasteiger partial charge in [-0.3, -0.25) is 9.97 Å². The van der Waals surface area contributed by atoms with Crippen LogP contribution in [0.2, 0.25) is 0 Å². The third kappa shape index (κ3) is 22.1. The van der Waals surface area contributed by atoms with Gasteiger partial charge in [0, 0.05) is 23.8 Å². The highest BCUT2D eigenvalue weighted by atomic mass is 19.1. The minimum atomic E-state index is -0.0683. The highest BCUT2D eigenvalue weighted by Gasteiger charge is 2.10. The molecule has 0 saturated heterocycles. The molecule has 5 rings (SSSR count). The predicted molar refractivity (Wildman–Crippen MR) is 282 cm³/mol. The minimum Gasteiger partial charge on any atom is -0.261 e. The molecule has 4 heteroatoms. The van der Waals surface area contributed by atoms with Crippen LogP contribution in [0.3, 0.4) is 0 Å². The molecule has 0 spiro atoms. The standard InChI is InChI=1S/2C12H17F.C12H18.2C11H17N.2CH4/c2*1-8(2)10-5-6-11(9(3)4)12(13)7-10;1-9(2)11-5-7-12(8-6-11)10(3)4;2*1-8(2)10-5-6-11(9(3)4)12-7-10;;/h2*5-9H,1-4H3;5-10H,1-4H3;2*5-9H,1-4H3;2*1H4. The van der Waals surface area contributed by atoms with Gasteiger partial charge in [-0.1, -0.05) is 214 Å². The molecule has 0 aliphatic carbocycles. The summed E-state index contributed by atoms with van der Waals surface area (Å²) >= 11 is 0. The lowest BCUT2D eigenvalue weighted by molar-refractivity contribution is 0.594. The maximum absolute atomic E-state index is 13.5. The van der Waals surface area contributed by atoms with E-state index >= 15 is 0 Å². The number of aromatic nitrogens is 2. The summed E-state index contributed by atoms with van der Waals surface area (Å²) in [5.74, 6) is 4.71. The van der Waals surface area contributed by atoms with Gasteiger partial charge in [0.1, 0.15) is 11.6 Å². The van der Waals surface area contributed by atoms with Crippen LogP contribution in [0.5, 0.6) is 0 Å². The Morgan fingerprint density at radius 3 is 0.688 bits per heavy atom. The lowest BCUT2D eigenvalue weighted by Crippen LogP contribution is -1.96. The maximum Gasteiger partial charge on any atom is 0.126 e. The van der Waals surface area contributed by atoms with Gasteiger partial charge in [-0.05, 0) is 128 Å². The fourth-order valence-corrected chi connectivity index (χ4v) is 6.21. The van der Waals surface area contributed by atoms with Crippen LogP contribution < -0.4 is 0 Å². The van der Waals surface area contributed by atoms with Gasteiger partial charge in [0.15, 0.2) is 0 Å². The van der Waals surface area contributed by atoms with Crippen molar-refractivity contribution in [3.63, 3.8) is 0 Å². The first-order valence-electron chi connectivity index (χ1n) is 23.5. The smallest absolute Gasteiger partial charge is 0.126 e. The van der Waals surface area contributed by atoms with Gasteiger partial charge >= 0.3 is 0 Å². The molecule has 3 aromatic carbocycles. The number of halogens is 2. The summed E-state index contributed by atoms with van der Waals surface area (Å²) in [7, 11) is 0. The van der Waals surface area contributed by atoms with E-state index in [1.807, 2.05) is 64.4 Å². The van der Waals surface area contributed by atoms with E-state index in [2.05, 4.69) is 169 Å². The van der Waals surface area contributed by atoms with E-state index in [-0.39, 0.29) is 38.3 Å². The molecular formula is C60H94F2N2. The molecule has 0 N–H and O–H groups in total. The van der Waals surface area contributed by atoms with E-state index in [1.54, 1.807) is 12.1 Å². The van der Waals surface area contributed by atoms with Crippen molar-refractivity contribution < 1.29 is 8.78 Å². The van der Waals surface area contributed by atoms with Crippen LogP contribution >= 0.6 is 0 Å². The quantitative estimate of drug-likeness (QED) is 0.140. The number of hydrogen-bond donors (Lipinski definition) is 0. The minimum absolute atomic E-state index is 0. The zero-order valence-corrected chi connectivity index (χ0v) is 42.7. The second kappa shape index (κ2) is 30.9. The third-order valence-corrected chi connectivity index (χ3v) is 11.0. The zero-order chi connectivity index (χ0) is 47.4. The summed E-state index contributed by atoms with van der Waals surface area (Å²) in [6.45, 7) is 42.6. The molecule has 0 aliphatic rings. The van der Waals surface area contributed by atoms with Crippen molar-refractivity contribution in [2.24, 2.45) is 0 Å². The summed E-state index contributed by atoms with van der Waals surface area (Å²) in [5.41, 5.74) is 11.6. The Hall–Kier alpha value is -4.18. The molecule has 0 saturated carbocycles. The van der Waals surface area contributed by atoms with E-state index < -0.39 is 0 Å². The Kier molecular flexibility index (Phi) is 29.9. The van der Waals surface area contributed by atoms with Gasteiger partial charge in [-0.15, -0.1) is 0 Å². The van der Waals surface area contributed by atoms with Crippen LogP contribution in [0.4, 0.5) is 8.78 Å². The highest BCUT2D eigenvalue weighted by Crippen LogP contribution is 2.25. The molecule has 5 aromatic rings. The molecule has 0 radical (unpaired) electrons. The predicted octanol–water partition coefficient (Wildman–Crippen LogP) is 20.0. The van der Waals surface area contributed by atoms with Crippen LogP contribution in [0, 0.1) is 11.6 Å². The lowest BCUT2D eigenvalue weighted by Gasteiger charge is -2.10. The molecule has 0 unspecified atom stereocenters.